The molecule has 1 aromatic rings. The highest BCUT2D eigenvalue weighted by atomic mass is 16.6. The lowest BCUT2D eigenvalue weighted by Crippen LogP contribution is -2.52. The first-order chi connectivity index (χ1) is 20.9. The topological polar surface area (TPSA) is 21.8 Å². The van der Waals surface area contributed by atoms with E-state index in [0.29, 0.717) is 22.3 Å². The highest BCUT2D eigenvalue weighted by Crippen LogP contribution is 2.69. The van der Waals surface area contributed by atoms with Crippen LogP contribution in [-0.4, -0.2) is 19.3 Å². The van der Waals surface area contributed by atoms with Crippen LogP contribution in [0.25, 0.3) is 0 Å². The zero-order chi connectivity index (χ0) is 28.3. The van der Waals surface area contributed by atoms with Gasteiger partial charge in [-0.3, -0.25) is 0 Å². The Morgan fingerprint density at radius 3 is 1.05 bits per heavy atom. The third-order valence-corrected chi connectivity index (χ3v) is 16.5. The lowest BCUT2D eigenvalue weighted by atomic mass is 9.43. The quantitative estimate of drug-likeness (QED) is 0.313. The standard InChI is InChI=1S/C41H56O2/c1-23-35(39-12-25-3-26(13-39)5-27(4-25)14-39)24(2)37(41-18-31-9-32(19-41)11-33(10-31)20-41)38(43-22-34-21-42-34)36(23)40-15-28-6-29(16-40)8-30(7-28)17-40/h25-34H,3-22H2,1-2H3. The number of benzene rings is 1. The van der Waals surface area contributed by atoms with Gasteiger partial charge in [-0.15, -0.1) is 0 Å². The van der Waals surface area contributed by atoms with Crippen LogP contribution in [-0.2, 0) is 21.0 Å². The van der Waals surface area contributed by atoms with Crippen LogP contribution in [0.4, 0.5) is 0 Å². The van der Waals surface area contributed by atoms with Gasteiger partial charge in [-0.1, -0.05) is 0 Å². The monoisotopic (exact) mass is 580 g/mol. The molecule has 12 aliphatic carbocycles. The van der Waals surface area contributed by atoms with Crippen molar-refractivity contribution in [2.75, 3.05) is 13.2 Å². The zero-order valence-electron chi connectivity index (χ0n) is 27.2. The second kappa shape index (κ2) is 8.66. The van der Waals surface area contributed by atoms with E-state index in [4.69, 9.17) is 9.47 Å². The van der Waals surface area contributed by atoms with E-state index < -0.39 is 0 Å². The van der Waals surface area contributed by atoms with Crippen molar-refractivity contribution >= 4 is 0 Å². The molecule has 43 heavy (non-hydrogen) atoms. The van der Waals surface area contributed by atoms with Gasteiger partial charge in [-0.05, 0) is 205 Å². The Balaban J connectivity index is 1.17. The summed E-state index contributed by atoms with van der Waals surface area (Å²) < 4.78 is 13.2. The number of rotatable bonds is 6. The molecule has 12 bridgehead atoms. The lowest BCUT2D eigenvalue weighted by molar-refractivity contribution is -0.0144. The normalized spacial score (nSPS) is 52.8. The Morgan fingerprint density at radius 1 is 0.488 bits per heavy atom. The van der Waals surface area contributed by atoms with Gasteiger partial charge in [-0.25, -0.2) is 0 Å². The summed E-state index contributed by atoms with van der Waals surface area (Å²) >= 11 is 0. The summed E-state index contributed by atoms with van der Waals surface area (Å²) in [7, 11) is 0. The van der Waals surface area contributed by atoms with Gasteiger partial charge < -0.3 is 9.47 Å². The molecule has 2 nitrogen and oxygen atoms in total. The maximum absolute atomic E-state index is 7.38. The van der Waals surface area contributed by atoms with E-state index in [1.165, 1.54) is 102 Å². The fourth-order valence-electron chi connectivity index (χ4n) is 16.8. The maximum Gasteiger partial charge on any atom is 0.127 e. The molecule has 12 saturated carbocycles. The van der Waals surface area contributed by atoms with E-state index in [-0.39, 0.29) is 0 Å². The van der Waals surface area contributed by atoms with E-state index in [2.05, 4.69) is 13.8 Å². The van der Waals surface area contributed by atoms with Crippen LogP contribution in [0.5, 0.6) is 5.75 Å². The Morgan fingerprint density at radius 2 is 0.767 bits per heavy atom. The molecular formula is C41H56O2. The van der Waals surface area contributed by atoms with Crippen LogP contribution in [0.15, 0.2) is 0 Å². The summed E-state index contributed by atoms with van der Waals surface area (Å²) in [5.41, 5.74) is 10.2. The molecule has 1 aromatic carbocycles. The Hall–Kier alpha value is -1.02. The average Bonchev–Trinajstić information content (AvgIpc) is 3.73. The van der Waals surface area contributed by atoms with Crippen molar-refractivity contribution in [3.63, 3.8) is 0 Å². The fraction of sp³-hybridized carbons (Fsp3) is 0.854. The van der Waals surface area contributed by atoms with Crippen LogP contribution in [0, 0.1) is 67.1 Å². The maximum atomic E-state index is 7.38. The highest BCUT2D eigenvalue weighted by molar-refractivity contribution is 5.64. The molecule has 0 aromatic heterocycles. The smallest absolute Gasteiger partial charge is 0.127 e. The summed E-state index contributed by atoms with van der Waals surface area (Å²) in [4.78, 5) is 0. The molecule has 13 fully saturated rings. The van der Waals surface area contributed by atoms with E-state index in [1.807, 2.05) is 5.56 Å². The van der Waals surface area contributed by atoms with Crippen molar-refractivity contribution in [3.8, 4) is 5.75 Å². The summed E-state index contributed by atoms with van der Waals surface area (Å²) in [6.45, 7) is 6.99. The number of hydrogen-bond donors (Lipinski definition) is 0. The predicted molar refractivity (Wildman–Crippen MR) is 171 cm³/mol. The van der Waals surface area contributed by atoms with Gasteiger partial charge in [0.25, 0.3) is 0 Å². The Bertz CT molecular complexity index is 1190. The molecule has 1 atom stereocenters. The molecule has 14 rings (SSSR count). The van der Waals surface area contributed by atoms with Gasteiger partial charge in [0.2, 0.25) is 0 Å². The minimum atomic E-state index is 0.330. The molecule has 0 amide bonds. The molecule has 0 spiro atoms. The van der Waals surface area contributed by atoms with Gasteiger partial charge in [0.15, 0.2) is 0 Å². The van der Waals surface area contributed by atoms with Crippen LogP contribution < -0.4 is 4.74 Å². The first kappa shape index (κ1) is 26.1. The lowest BCUT2D eigenvalue weighted by Gasteiger charge is -2.61. The summed E-state index contributed by atoms with van der Waals surface area (Å²) in [6, 6.07) is 0. The minimum absolute atomic E-state index is 0.330. The van der Waals surface area contributed by atoms with Crippen LogP contribution in [0.3, 0.4) is 0 Å². The Labute approximate surface area is 260 Å². The number of hydrogen-bond acceptors (Lipinski definition) is 2. The van der Waals surface area contributed by atoms with Crippen LogP contribution >= 0.6 is 0 Å². The summed E-state index contributed by atoms with van der Waals surface area (Å²) in [6.07, 6.45) is 27.4. The van der Waals surface area contributed by atoms with Gasteiger partial charge in [0.1, 0.15) is 18.5 Å². The molecule has 1 heterocycles. The van der Waals surface area contributed by atoms with Crippen molar-refractivity contribution in [2.45, 2.75) is 152 Å². The number of epoxide rings is 1. The fourth-order valence-corrected chi connectivity index (χ4v) is 16.8. The van der Waals surface area contributed by atoms with Gasteiger partial charge in [0.05, 0.1) is 6.61 Å². The second-order valence-corrected chi connectivity index (χ2v) is 19.6. The second-order valence-electron chi connectivity index (χ2n) is 19.6. The first-order valence-corrected chi connectivity index (χ1v) is 19.3. The predicted octanol–water partition coefficient (Wildman–Crippen LogP) is 9.48. The van der Waals surface area contributed by atoms with E-state index in [1.54, 1.807) is 41.5 Å². The molecule has 0 N–H and O–H groups in total. The van der Waals surface area contributed by atoms with Crippen molar-refractivity contribution in [1.29, 1.82) is 0 Å². The molecular weight excluding hydrogens is 524 g/mol. The van der Waals surface area contributed by atoms with Crippen molar-refractivity contribution in [3.05, 3.63) is 27.8 Å². The largest absolute Gasteiger partial charge is 0.490 e. The molecule has 232 valence electrons. The summed E-state index contributed by atoms with van der Waals surface area (Å²) in [5.74, 6) is 10.3. The van der Waals surface area contributed by atoms with E-state index in [0.717, 1.165) is 66.5 Å². The molecule has 1 aliphatic heterocycles. The molecule has 13 aliphatic rings. The van der Waals surface area contributed by atoms with Gasteiger partial charge in [0, 0.05) is 22.0 Å². The Kier molecular flexibility index (Phi) is 5.25. The first-order valence-electron chi connectivity index (χ1n) is 19.3. The van der Waals surface area contributed by atoms with Gasteiger partial charge >= 0.3 is 0 Å². The summed E-state index contributed by atoms with van der Waals surface area (Å²) in [5, 5.41) is 0. The molecule has 2 heteroatoms. The third-order valence-electron chi connectivity index (χ3n) is 16.5. The highest BCUT2D eigenvalue weighted by Gasteiger charge is 2.59. The molecule has 0 radical (unpaired) electrons. The van der Waals surface area contributed by atoms with Crippen molar-refractivity contribution in [1.82, 2.24) is 0 Å². The minimum Gasteiger partial charge on any atom is -0.490 e. The average molecular weight is 581 g/mol. The number of ether oxygens (including phenoxy) is 2. The molecule has 1 unspecified atom stereocenters. The van der Waals surface area contributed by atoms with Crippen LogP contribution in [0.1, 0.15) is 143 Å². The SMILES string of the molecule is Cc1c(C23CC4CC(CC(C4)C2)C3)c(C)c(C23CC4CC(CC(C4)C2)C3)c(OCC2CO2)c1C12CC3CC(CC(C3)C1)C2. The zero-order valence-corrected chi connectivity index (χ0v) is 27.2. The van der Waals surface area contributed by atoms with E-state index in [9.17, 15) is 0 Å². The van der Waals surface area contributed by atoms with Crippen molar-refractivity contribution in [2.24, 2.45) is 53.3 Å². The van der Waals surface area contributed by atoms with Crippen LogP contribution in [0.2, 0.25) is 0 Å². The van der Waals surface area contributed by atoms with E-state index >= 15 is 0 Å². The third kappa shape index (κ3) is 3.69. The molecule has 1 saturated heterocycles. The van der Waals surface area contributed by atoms with Gasteiger partial charge in [-0.2, -0.15) is 0 Å². The van der Waals surface area contributed by atoms with Crippen molar-refractivity contribution < 1.29 is 9.47 Å².